The number of para-hydroxylation sites is 1. The normalized spacial score (nSPS) is 10.7. The average Bonchev–Trinajstić information content (AvgIpc) is 2.91. The Labute approximate surface area is 121 Å². The van der Waals surface area contributed by atoms with E-state index in [0.717, 1.165) is 16.3 Å². The second-order valence-electron chi connectivity index (χ2n) is 4.72. The number of nitrogens with one attached hydrogen (secondary N) is 1. The minimum absolute atomic E-state index is 0.277. The van der Waals surface area contributed by atoms with Gasteiger partial charge in [-0.3, -0.25) is 9.59 Å². The van der Waals surface area contributed by atoms with Gasteiger partial charge in [0, 0.05) is 21.9 Å². The Kier molecular flexibility index (Phi) is 3.03. The van der Waals surface area contributed by atoms with E-state index in [1.54, 1.807) is 6.07 Å². The fraction of sp³-hybridized carbons (Fsp3) is 0. The highest BCUT2D eigenvalue weighted by molar-refractivity contribution is 6.24. The molecule has 1 aromatic heterocycles. The van der Waals surface area contributed by atoms with E-state index < -0.39 is 0 Å². The molecule has 3 aromatic rings. The number of carbonyl (C=O) groups is 2. The first-order valence-corrected chi connectivity index (χ1v) is 6.54. The Morgan fingerprint density at radius 2 is 1.62 bits per heavy atom. The van der Waals surface area contributed by atoms with Crippen LogP contribution in [0.15, 0.2) is 61.7 Å². The number of aromatic amines is 1. The summed E-state index contributed by atoms with van der Waals surface area (Å²) in [6, 6.07) is 11.3. The molecule has 0 amide bonds. The van der Waals surface area contributed by atoms with Gasteiger partial charge in [0.15, 0.2) is 11.6 Å². The van der Waals surface area contributed by atoms with Gasteiger partial charge in [0.05, 0.1) is 11.1 Å². The van der Waals surface area contributed by atoms with Crippen molar-refractivity contribution in [3.05, 3.63) is 72.8 Å². The van der Waals surface area contributed by atoms with Gasteiger partial charge in [-0.25, -0.2) is 0 Å². The molecule has 0 fully saturated rings. The van der Waals surface area contributed by atoms with Crippen LogP contribution in [0.25, 0.3) is 21.8 Å². The molecular weight excluding hydrogens is 262 g/mol. The minimum atomic E-state index is -0.280. The molecule has 1 heterocycles. The van der Waals surface area contributed by atoms with Crippen LogP contribution in [0.3, 0.4) is 0 Å². The maximum Gasteiger partial charge on any atom is 0.188 e. The second-order valence-corrected chi connectivity index (χ2v) is 4.72. The molecule has 0 spiro atoms. The van der Waals surface area contributed by atoms with Gasteiger partial charge in [-0.1, -0.05) is 37.4 Å². The summed E-state index contributed by atoms with van der Waals surface area (Å²) in [5.74, 6) is -0.557. The van der Waals surface area contributed by atoms with Gasteiger partial charge >= 0.3 is 0 Å². The van der Waals surface area contributed by atoms with Crippen LogP contribution in [-0.2, 0) is 0 Å². The van der Waals surface area contributed by atoms with E-state index in [-0.39, 0.29) is 11.6 Å². The van der Waals surface area contributed by atoms with Crippen LogP contribution in [0.1, 0.15) is 20.7 Å². The summed E-state index contributed by atoms with van der Waals surface area (Å²) in [5.41, 5.74) is 2.28. The van der Waals surface area contributed by atoms with Crippen LogP contribution < -0.4 is 0 Å². The predicted octanol–water partition coefficient (Wildman–Crippen LogP) is 4.06. The van der Waals surface area contributed by atoms with E-state index in [0.29, 0.717) is 16.6 Å². The fourth-order valence-corrected chi connectivity index (χ4v) is 2.59. The minimum Gasteiger partial charge on any atom is -0.354 e. The average molecular weight is 275 g/mol. The van der Waals surface area contributed by atoms with Gasteiger partial charge in [-0.15, -0.1) is 0 Å². The van der Waals surface area contributed by atoms with Gasteiger partial charge < -0.3 is 4.98 Å². The molecule has 3 nitrogen and oxygen atoms in total. The molecule has 2 aromatic carbocycles. The standard InChI is InChI=1S/C18H13NO2/c1-3-15(20)13-10-9-12-11-7-5-6-8-14(11)19-18(12)17(13)16(21)4-2/h3-10,19H,1-2H2. The van der Waals surface area contributed by atoms with Gasteiger partial charge in [-0.05, 0) is 24.3 Å². The van der Waals surface area contributed by atoms with Crippen molar-refractivity contribution in [2.45, 2.75) is 0 Å². The van der Waals surface area contributed by atoms with E-state index in [2.05, 4.69) is 18.1 Å². The van der Waals surface area contributed by atoms with Crippen molar-refractivity contribution in [2.75, 3.05) is 0 Å². The SMILES string of the molecule is C=CC(=O)c1ccc2c([nH]c3ccccc32)c1C(=O)C=C. The lowest BCUT2D eigenvalue weighted by molar-refractivity contribution is 0.101. The third kappa shape index (κ3) is 1.91. The quantitative estimate of drug-likeness (QED) is 0.576. The van der Waals surface area contributed by atoms with E-state index in [9.17, 15) is 9.59 Å². The summed E-state index contributed by atoms with van der Waals surface area (Å²) in [5, 5.41) is 1.93. The van der Waals surface area contributed by atoms with Crippen molar-refractivity contribution in [2.24, 2.45) is 0 Å². The van der Waals surface area contributed by atoms with Crippen molar-refractivity contribution in [1.29, 1.82) is 0 Å². The number of carbonyl (C=O) groups excluding carboxylic acids is 2. The summed E-state index contributed by atoms with van der Waals surface area (Å²) in [4.78, 5) is 27.4. The second kappa shape index (κ2) is 4.87. The lowest BCUT2D eigenvalue weighted by Gasteiger charge is -2.05. The molecule has 0 radical (unpaired) electrons. The number of hydrogen-bond donors (Lipinski definition) is 1. The molecule has 0 aliphatic carbocycles. The maximum atomic E-state index is 12.2. The largest absolute Gasteiger partial charge is 0.354 e. The summed E-state index contributed by atoms with van der Waals surface area (Å²) >= 11 is 0. The molecule has 3 rings (SSSR count). The molecule has 3 heteroatoms. The molecule has 0 aliphatic heterocycles. The molecule has 21 heavy (non-hydrogen) atoms. The maximum absolute atomic E-state index is 12.2. The number of aromatic nitrogens is 1. The summed E-state index contributed by atoms with van der Waals surface area (Å²) in [7, 11) is 0. The van der Waals surface area contributed by atoms with Crippen LogP contribution >= 0.6 is 0 Å². The van der Waals surface area contributed by atoms with Crippen molar-refractivity contribution >= 4 is 33.4 Å². The van der Waals surface area contributed by atoms with Gasteiger partial charge in [-0.2, -0.15) is 0 Å². The lowest BCUT2D eigenvalue weighted by Crippen LogP contribution is -2.06. The molecule has 0 saturated carbocycles. The third-order valence-electron chi connectivity index (χ3n) is 3.56. The van der Waals surface area contributed by atoms with E-state index in [4.69, 9.17) is 0 Å². The topological polar surface area (TPSA) is 49.9 Å². The fourth-order valence-electron chi connectivity index (χ4n) is 2.59. The zero-order valence-corrected chi connectivity index (χ0v) is 11.3. The molecule has 0 bridgehead atoms. The van der Waals surface area contributed by atoms with E-state index in [1.807, 2.05) is 30.3 Å². The highest BCUT2D eigenvalue weighted by Crippen LogP contribution is 2.30. The van der Waals surface area contributed by atoms with Crippen LogP contribution in [0, 0.1) is 0 Å². The molecule has 0 atom stereocenters. The molecular formula is C18H13NO2. The molecule has 0 saturated heterocycles. The summed E-state index contributed by atoms with van der Waals surface area (Å²) < 4.78 is 0. The Hall–Kier alpha value is -2.94. The molecule has 102 valence electrons. The van der Waals surface area contributed by atoms with Gasteiger partial charge in [0.25, 0.3) is 0 Å². The number of ketones is 2. The van der Waals surface area contributed by atoms with Crippen LogP contribution in [0.4, 0.5) is 0 Å². The highest BCUT2D eigenvalue weighted by atomic mass is 16.1. The van der Waals surface area contributed by atoms with Crippen LogP contribution in [0.2, 0.25) is 0 Å². The van der Waals surface area contributed by atoms with Crippen LogP contribution in [-0.4, -0.2) is 16.6 Å². The number of benzene rings is 2. The smallest absolute Gasteiger partial charge is 0.188 e. The van der Waals surface area contributed by atoms with Gasteiger partial charge in [0.2, 0.25) is 0 Å². The first-order chi connectivity index (χ1) is 10.2. The van der Waals surface area contributed by atoms with Crippen molar-refractivity contribution in [3.8, 4) is 0 Å². The number of rotatable bonds is 4. The first kappa shape index (κ1) is 13.1. The molecule has 0 unspecified atom stereocenters. The number of H-pyrrole nitrogens is 1. The summed E-state index contributed by atoms with van der Waals surface area (Å²) in [6.45, 7) is 7.01. The third-order valence-corrected chi connectivity index (χ3v) is 3.56. The van der Waals surface area contributed by atoms with E-state index >= 15 is 0 Å². The Balaban J connectivity index is 2.49. The number of hydrogen-bond acceptors (Lipinski definition) is 2. The Morgan fingerprint density at radius 1 is 0.905 bits per heavy atom. The number of allylic oxidation sites excluding steroid dienone is 2. The van der Waals surface area contributed by atoms with Crippen molar-refractivity contribution in [1.82, 2.24) is 4.98 Å². The Morgan fingerprint density at radius 3 is 2.33 bits per heavy atom. The first-order valence-electron chi connectivity index (χ1n) is 6.54. The van der Waals surface area contributed by atoms with Crippen LogP contribution in [0.5, 0.6) is 0 Å². The Bertz CT molecular complexity index is 916. The zero-order valence-electron chi connectivity index (χ0n) is 11.3. The molecule has 0 aliphatic rings. The lowest BCUT2D eigenvalue weighted by atomic mass is 9.96. The molecule has 1 N–H and O–H groups in total. The van der Waals surface area contributed by atoms with E-state index in [1.165, 1.54) is 12.2 Å². The summed E-state index contributed by atoms with van der Waals surface area (Å²) in [6.07, 6.45) is 2.43. The van der Waals surface area contributed by atoms with Crippen molar-refractivity contribution < 1.29 is 9.59 Å². The highest BCUT2D eigenvalue weighted by Gasteiger charge is 2.19. The zero-order chi connectivity index (χ0) is 15.0. The number of fused-ring (bicyclic) bond motifs is 3. The van der Waals surface area contributed by atoms with Crippen molar-refractivity contribution in [3.63, 3.8) is 0 Å². The predicted molar refractivity (Wildman–Crippen MR) is 84.9 cm³/mol. The van der Waals surface area contributed by atoms with Gasteiger partial charge in [0.1, 0.15) is 0 Å². The monoisotopic (exact) mass is 275 g/mol.